The van der Waals surface area contributed by atoms with Crippen molar-refractivity contribution < 1.29 is 9.84 Å². The summed E-state index contributed by atoms with van der Waals surface area (Å²) in [5.41, 5.74) is 1.95. The van der Waals surface area contributed by atoms with E-state index in [2.05, 4.69) is 16.9 Å². The van der Waals surface area contributed by atoms with Crippen LogP contribution in [0.3, 0.4) is 0 Å². The lowest BCUT2D eigenvalue weighted by Gasteiger charge is -2.07. The Morgan fingerprint density at radius 3 is 3.00 bits per heavy atom. The highest BCUT2D eigenvalue weighted by molar-refractivity contribution is 5.39. The van der Waals surface area contributed by atoms with Crippen LogP contribution in [0.25, 0.3) is 0 Å². The van der Waals surface area contributed by atoms with Gasteiger partial charge in [0.2, 0.25) is 0 Å². The van der Waals surface area contributed by atoms with Gasteiger partial charge in [0, 0.05) is 17.5 Å². The Morgan fingerprint density at radius 2 is 2.26 bits per heavy atom. The number of benzene rings is 1. The molecular weight excluding hydrogens is 240 g/mol. The van der Waals surface area contributed by atoms with Gasteiger partial charge in [-0.3, -0.25) is 4.68 Å². The third-order valence-electron chi connectivity index (χ3n) is 2.65. The minimum Gasteiger partial charge on any atom is -0.492 e. The molecular formula is C15H16N2O2. The zero-order chi connectivity index (χ0) is 13.5. The molecule has 19 heavy (non-hydrogen) atoms. The molecule has 4 heteroatoms. The summed E-state index contributed by atoms with van der Waals surface area (Å²) in [5, 5.41) is 12.8. The van der Waals surface area contributed by atoms with E-state index in [1.165, 1.54) is 0 Å². The molecule has 2 aromatic rings. The highest BCUT2D eigenvalue weighted by Gasteiger charge is 1.98. The first-order valence-corrected chi connectivity index (χ1v) is 6.10. The van der Waals surface area contributed by atoms with Gasteiger partial charge in [-0.2, -0.15) is 5.10 Å². The second-order valence-electron chi connectivity index (χ2n) is 4.03. The van der Waals surface area contributed by atoms with Crippen LogP contribution >= 0.6 is 0 Å². The van der Waals surface area contributed by atoms with Crippen molar-refractivity contribution in [1.29, 1.82) is 0 Å². The first-order valence-electron chi connectivity index (χ1n) is 6.10. The predicted molar refractivity (Wildman–Crippen MR) is 72.9 cm³/mol. The van der Waals surface area contributed by atoms with Gasteiger partial charge in [-0.15, -0.1) is 0 Å². The molecule has 0 aliphatic rings. The van der Waals surface area contributed by atoms with E-state index in [0.29, 0.717) is 13.2 Å². The largest absolute Gasteiger partial charge is 0.492 e. The standard InChI is InChI=1S/C15H16N2O2/c1-13-7-8-16-17(13)9-11-19-15-6-2-4-14(12-15)5-3-10-18/h2,4,6-8,12,18H,9-11H2,1H3. The van der Waals surface area contributed by atoms with Crippen molar-refractivity contribution >= 4 is 0 Å². The van der Waals surface area contributed by atoms with Crippen LogP contribution in [0.4, 0.5) is 0 Å². The summed E-state index contributed by atoms with van der Waals surface area (Å²) in [6, 6.07) is 9.48. The number of rotatable bonds is 4. The molecule has 0 spiro atoms. The van der Waals surface area contributed by atoms with Crippen molar-refractivity contribution in [3.8, 4) is 17.6 Å². The molecule has 0 unspecified atom stereocenters. The predicted octanol–water partition coefficient (Wildman–Crippen LogP) is 1.61. The molecule has 0 amide bonds. The Hall–Kier alpha value is -2.25. The van der Waals surface area contributed by atoms with Crippen LogP contribution < -0.4 is 4.74 Å². The Morgan fingerprint density at radius 1 is 1.37 bits per heavy atom. The molecule has 0 atom stereocenters. The number of nitrogens with zero attached hydrogens (tertiary/aromatic N) is 2. The van der Waals surface area contributed by atoms with Crippen LogP contribution in [0.5, 0.6) is 5.75 Å². The summed E-state index contributed by atoms with van der Waals surface area (Å²) < 4.78 is 7.56. The van der Waals surface area contributed by atoms with E-state index in [1.54, 1.807) is 6.20 Å². The van der Waals surface area contributed by atoms with Crippen LogP contribution in [0.15, 0.2) is 36.5 Å². The lowest BCUT2D eigenvalue weighted by molar-refractivity contribution is 0.290. The highest BCUT2D eigenvalue weighted by atomic mass is 16.5. The van der Waals surface area contributed by atoms with Crippen LogP contribution in [0.1, 0.15) is 11.3 Å². The Balaban J connectivity index is 1.91. The van der Waals surface area contributed by atoms with Crippen LogP contribution in [0, 0.1) is 18.8 Å². The minimum absolute atomic E-state index is 0.135. The zero-order valence-electron chi connectivity index (χ0n) is 10.8. The maximum absolute atomic E-state index is 8.66. The van der Waals surface area contributed by atoms with Crippen molar-refractivity contribution in [2.75, 3.05) is 13.2 Å². The molecule has 0 fully saturated rings. The van der Waals surface area contributed by atoms with Crippen molar-refractivity contribution in [1.82, 2.24) is 9.78 Å². The van der Waals surface area contributed by atoms with Crippen LogP contribution in [-0.4, -0.2) is 28.1 Å². The fraction of sp³-hybridized carbons (Fsp3) is 0.267. The molecule has 1 aromatic carbocycles. The van der Waals surface area contributed by atoms with Crippen molar-refractivity contribution in [3.63, 3.8) is 0 Å². The maximum Gasteiger partial charge on any atom is 0.120 e. The maximum atomic E-state index is 8.66. The fourth-order valence-corrected chi connectivity index (χ4v) is 1.69. The summed E-state index contributed by atoms with van der Waals surface area (Å²) in [6.45, 7) is 3.15. The summed E-state index contributed by atoms with van der Waals surface area (Å²) in [7, 11) is 0. The van der Waals surface area contributed by atoms with Gasteiger partial charge in [-0.05, 0) is 31.2 Å². The third kappa shape index (κ3) is 3.87. The van der Waals surface area contributed by atoms with Crippen LogP contribution in [0.2, 0.25) is 0 Å². The molecule has 0 aliphatic carbocycles. The lowest BCUT2D eigenvalue weighted by atomic mass is 10.2. The summed E-state index contributed by atoms with van der Waals surface area (Å²) >= 11 is 0. The molecule has 1 N–H and O–H groups in total. The molecule has 1 aromatic heterocycles. The van der Waals surface area contributed by atoms with Gasteiger partial charge in [0.15, 0.2) is 0 Å². The summed E-state index contributed by atoms with van der Waals surface area (Å²) in [4.78, 5) is 0. The topological polar surface area (TPSA) is 47.3 Å². The number of aliphatic hydroxyl groups is 1. The smallest absolute Gasteiger partial charge is 0.120 e. The van der Waals surface area contributed by atoms with E-state index < -0.39 is 0 Å². The average molecular weight is 256 g/mol. The van der Waals surface area contributed by atoms with Gasteiger partial charge in [0.1, 0.15) is 19.0 Å². The second-order valence-corrected chi connectivity index (χ2v) is 4.03. The van der Waals surface area contributed by atoms with Gasteiger partial charge in [-0.1, -0.05) is 17.9 Å². The van der Waals surface area contributed by atoms with Gasteiger partial charge >= 0.3 is 0 Å². The van der Waals surface area contributed by atoms with Crippen molar-refractivity contribution in [2.45, 2.75) is 13.5 Å². The van der Waals surface area contributed by atoms with E-state index in [1.807, 2.05) is 41.9 Å². The van der Waals surface area contributed by atoms with Gasteiger partial charge < -0.3 is 9.84 Å². The molecule has 1 heterocycles. The number of hydrogen-bond acceptors (Lipinski definition) is 3. The first kappa shape index (κ1) is 13.2. The molecule has 0 bridgehead atoms. The third-order valence-corrected chi connectivity index (χ3v) is 2.65. The van der Waals surface area contributed by atoms with Gasteiger partial charge in [0.25, 0.3) is 0 Å². The SMILES string of the molecule is Cc1ccnn1CCOc1cccc(C#CCO)c1. The number of hydrogen-bond donors (Lipinski definition) is 1. The van der Waals surface area contributed by atoms with Gasteiger partial charge in [-0.25, -0.2) is 0 Å². The molecule has 0 aliphatic heterocycles. The minimum atomic E-state index is -0.135. The summed E-state index contributed by atoms with van der Waals surface area (Å²) in [6.07, 6.45) is 1.78. The van der Waals surface area contributed by atoms with E-state index in [4.69, 9.17) is 9.84 Å². The van der Waals surface area contributed by atoms with E-state index >= 15 is 0 Å². The summed E-state index contributed by atoms with van der Waals surface area (Å²) in [5.74, 6) is 6.24. The Kier molecular flexibility index (Phi) is 4.60. The first-order chi connectivity index (χ1) is 9.29. The van der Waals surface area contributed by atoms with Crippen LogP contribution in [-0.2, 0) is 6.54 Å². The molecule has 0 radical (unpaired) electrons. The van der Waals surface area contributed by atoms with E-state index in [0.717, 1.165) is 17.0 Å². The number of aromatic nitrogens is 2. The second kappa shape index (κ2) is 6.62. The molecule has 4 nitrogen and oxygen atoms in total. The normalized spacial score (nSPS) is 9.79. The average Bonchev–Trinajstić information content (AvgIpc) is 2.83. The Labute approximate surface area is 112 Å². The lowest BCUT2D eigenvalue weighted by Crippen LogP contribution is -2.10. The number of aliphatic hydroxyl groups excluding tert-OH is 1. The monoisotopic (exact) mass is 256 g/mol. The molecule has 0 saturated heterocycles. The quantitative estimate of drug-likeness (QED) is 0.845. The van der Waals surface area contributed by atoms with Crippen molar-refractivity contribution in [3.05, 3.63) is 47.8 Å². The Bertz CT molecular complexity index is 593. The molecule has 2 rings (SSSR count). The molecule has 98 valence electrons. The van der Waals surface area contributed by atoms with Gasteiger partial charge in [0.05, 0.1) is 6.54 Å². The fourth-order valence-electron chi connectivity index (χ4n) is 1.69. The van der Waals surface area contributed by atoms with E-state index in [9.17, 15) is 0 Å². The highest BCUT2D eigenvalue weighted by Crippen LogP contribution is 2.12. The van der Waals surface area contributed by atoms with Crippen molar-refractivity contribution in [2.24, 2.45) is 0 Å². The number of ether oxygens (including phenoxy) is 1. The van der Waals surface area contributed by atoms with E-state index in [-0.39, 0.29) is 6.61 Å². The zero-order valence-corrected chi connectivity index (χ0v) is 10.8. The number of aryl methyl sites for hydroxylation is 1. The molecule has 0 saturated carbocycles.